The molecule has 0 aromatic heterocycles. The molecule has 0 aliphatic carbocycles. The Labute approximate surface area is 142 Å². The molecule has 0 spiro atoms. The van der Waals surface area contributed by atoms with Crippen LogP contribution in [0.4, 0.5) is 0 Å². The van der Waals surface area contributed by atoms with E-state index < -0.39 is 15.4 Å². The molecule has 0 unspecified atom stereocenters. The van der Waals surface area contributed by atoms with Crippen LogP contribution < -0.4 is 9.47 Å². The van der Waals surface area contributed by atoms with Crippen molar-refractivity contribution in [3.63, 3.8) is 0 Å². The average Bonchev–Trinajstić information content (AvgIpc) is 3.08. The van der Waals surface area contributed by atoms with Gasteiger partial charge < -0.3 is 14.4 Å². The highest BCUT2D eigenvalue weighted by atomic mass is 32.2. The minimum absolute atomic E-state index is 0.000713. The Morgan fingerprint density at radius 2 is 2.12 bits per heavy atom. The van der Waals surface area contributed by atoms with Gasteiger partial charge in [0.25, 0.3) is 0 Å². The largest absolute Gasteiger partial charge is 0.454 e. The van der Waals surface area contributed by atoms with Gasteiger partial charge in [-0.1, -0.05) is 12.1 Å². The van der Waals surface area contributed by atoms with E-state index in [1.807, 2.05) is 13.0 Å². The first-order valence-corrected chi connectivity index (χ1v) is 9.65. The van der Waals surface area contributed by atoms with Gasteiger partial charge in [-0.3, -0.25) is 4.79 Å². The Balaban J connectivity index is 1.79. The van der Waals surface area contributed by atoms with Gasteiger partial charge in [0.15, 0.2) is 21.3 Å². The number of sulfone groups is 1. The summed E-state index contributed by atoms with van der Waals surface area (Å²) in [7, 11) is -3.10. The lowest BCUT2D eigenvalue weighted by molar-refractivity contribution is -0.134. The summed E-state index contributed by atoms with van der Waals surface area (Å²) in [5.74, 6) is 1.30. The number of ether oxygens (including phenoxy) is 2. The topological polar surface area (TPSA) is 72.9 Å². The number of hydrogen-bond acceptors (Lipinski definition) is 5. The summed E-state index contributed by atoms with van der Waals surface area (Å²) in [6, 6.07) is 5.40. The van der Waals surface area contributed by atoms with Crippen LogP contribution in [0.1, 0.15) is 18.9 Å². The molecule has 0 radical (unpaired) electrons. The number of nitrogens with zero attached hydrogens (tertiary/aromatic N) is 1. The minimum Gasteiger partial charge on any atom is -0.454 e. The highest BCUT2D eigenvalue weighted by Crippen LogP contribution is 2.34. The maximum Gasteiger partial charge on any atom is 0.231 e. The molecule has 0 N–H and O–H groups in total. The molecule has 130 valence electrons. The van der Waals surface area contributed by atoms with E-state index in [0.29, 0.717) is 24.5 Å². The quantitative estimate of drug-likeness (QED) is 0.753. The Hall–Kier alpha value is -2.02. The van der Waals surface area contributed by atoms with Crippen LogP contribution in [0, 0.1) is 0 Å². The molecule has 2 heterocycles. The SMILES string of the molecule is C=CCN(C(=O)Cc1ccc2c(c1)OCO2)[C@@]1(C)CCS(=O)(=O)C1. The summed E-state index contributed by atoms with van der Waals surface area (Å²) >= 11 is 0. The number of fused-ring (bicyclic) bond motifs is 1. The van der Waals surface area contributed by atoms with Gasteiger partial charge in [-0.25, -0.2) is 8.42 Å². The molecule has 1 amide bonds. The first-order chi connectivity index (χ1) is 11.3. The lowest BCUT2D eigenvalue weighted by atomic mass is 9.97. The van der Waals surface area contributed by atoms with Crippen LogP contribution in [0.3, 0.4) is 0 Å². The van der Waals surface area contributed by atoms with Crippen LogP contribution >= 0.6 is 0 Å². The maximum atomic E-state index is 12.8. The molecule has 0 bridgehead atoms. The fraction of sp³-hybridized carbons (Fsp3) is 0.471. The van der Waals surface area contributed by atoms with Crippen molar-refractivity contribution in [1.82, 2.24) is 4.90 Å². The molecule has 7 heteroatoms. The van der Waals surface area contributed by atoms with Crippen molar-refractivity contribution in [3.8, 4) is 11.5 Å². The maximum absolute atomic E-state index is 12.8. The fourth-order valence-corrected chi connectivity index (χ4v) is 5.42. The van der Waals surface area contributed by atoms with Gasteiger partial charge in [0.05, 0.1) is 23.5 Å². The Morgan fingerprint density at radius 1 is 1.38 bits per heavy atom. The number of carbonyl (C=O) groups excluding carboxylic acids is 1. The van der Waals surface area contributed by atoms with Crippen LogP contribution in [0.15, 0.2) is 30.9 Å². The van der Waals surface area contributed by atoms with E-state index in [-0.39, 0.29) is 30.6 Å². The summed E-state index contributed by atoms with van der Waals surface area (Å²) in [5, 5.41) is 0. The van der Waals surface area contributed by atoms with E-state index in [1.54, 1.807) is 23.1 Å². The zero-order valence-corrected chi connectivity index (χ0v) is 14.5. The van der Waals surface area contributed by atoms with Crippen LogP contribution in [0.25, 0.3) is 0 Å². The van der Waals surface area contributed by atoms with E-state index >= 15 is 0 Å². The van der Waals surface area contributed by atoms with Crippen LogP contribution in [0.5, 0.6) is 11.5 Å². The predicted octanol–water partition coefficient (Wildman–Crippen LogP) is 1.55. The van der Waals surface area contributed by atoms with E-state index in [1.165, 1.54) is 0 Å². The summed E-state index contributed by atoms with van der Waals surface area (Å²) in [5.41, 5.74) is 0.128. The molecule has 2 aliphatic heterocycles. The summed E-state index contributed by atoms with van der Waals surface area (Å²) in [4.78, 5) is 14.5. The number of carbonyl (C=O) groups is 1. The van der Waals surface area contributed by atoms with Crippen molar-refractivity contribution in [2.45, 2.75) is 25.3 Å². The van der Waals surface area contributed by atoms with E-state index in [2.05, 4.69) is 6.58 Å². The average molecular weight is 351 g/mol. The van der Waals surface area contributed by atoms with Gasteiger partial charge in [-0.15, -0.1) is 6.58 Å². The number of rotatable bonds is 5. The monoisotopic (exact) mass is 351 g/mol. The van der Waals surface area contributed by atoms with E-state index in [9.17, 15) is 13.2 Å². The van der Waals surface area contributed by atoms with Crippen molar-refractivity contribution in [1.29, 1.82) is 0 Å². The molecular formula is C17H21NO5S. The molecule has 1 aromatic carbocycles. The third kappa shape index (κ3) is 3.26. The molecule has 2 aliphatic rings. The molecule has 1 aromatic rings. The smallest absolute Gasteiger partial charge is 0.231 e. The number of amides is 1. The van der Waals surface area contributed by atoms with Crippen LogP contribution in [-0.2, 0) is 21.1 Å². The van der Waals surface area contributed by atoms with Gasteiger partial charge in [0.2, 0.25) is 12.7 Å². The highest BCUT2D eigenvalue weighted by Gasteiger charge is 2.44. The zero-order chi connectivity index (χ0) is 17.4. The molecule has 0 saturated carbocycles. The first-order valence-electron chi connectivity index (χ1n) is 7.83. The van der Waals surface area contributed by atoms with Crippen molar-refractivity contribution in [3.05, 3.63) is 36.4 Å². The second kappa shape index (κ2) is 6.12. The van der Waals surface area contributed by atoms with Crippen LogP contribution in [0.2, 0.25) is 0 Å². The van der Waals surface area contributed by atoms with E-state index in [0.717, 1.165) is 5.56 Å². The molecular weight excluding hydrogens is 330 g/mol. The van der Waals surface area contributed by atoms with Gasteiger partial charge in [-0.2, -0.15) is 0 Å². The highest BCUT2D eigenvalue weighted by molar-refractivity contribution is 7.91. The van der Waals surface area contributed by atoms with Gasteiger partial charge >= 0.3 is 0 Å². The Bertz CT molecular complexity index is 773. The van der Waals surface area contributed by atoms with Crippen molar-refractivity contribution in [2.75, 3.05) is 24.8 Å². The predicted molar refractivity (Wildman–Crippen MR) is 89.9 cm³/mol. The first kappa shape index (κ1) is 16.8. The Morgan fingerprint density at radius 3 is 2.79 bits per heavy atom. The van der Waals surface area contributed by atoms with Gasteiger partial charge in [0.1, 0.15) is 0 Å². The second-order valence-corrected chi connectivity index (χ2v) is 8.68. The molecule has 6 nitrogen and oxygen atoms in total. The van der Waals surface area contributed by atoms with Crippen molar-refractivity contribution in [2.24, 2.45) is 0 Å². The molecule has 3 rings (SSSR count). The standard InChI is InChI=1S/C17H21NO5S/c1-3-7-18(17(2)6-8-24(20,21)11-17)16(19)10-13-4-5-14-15(9-13)23-12-22-14/h3-5,9H,1,6-8,10-12H2,2H3/t17-/m0/s1. The number of hydrogen-bond donors (Lipinski definition) is 0. The van der Waals surface area contributed by atoms with Crippen molar-refractivity contribution >= 4 is 15.7 Å². The fourth-order valence-electron chi connectivity index (χ4n) is 3.28. The van der Waals surface area contributed by atoms with Gasteiger partial charge in [0, 0.05) is 6.54 Å². The van der Waals surface area contributed by atoms with Crippen molar-refractivity contribution < 1.29 is 22.7 Å². The number of benzene rings is 1. The molecule has 1 atom stereocenters. The normalized spacial score (nSPS) is 23.9. The van der Waals surface area contributed by atoms with Crippen LogP contribution in [-0.4, -0.2) is 49.6 Å². The summed E-state index contributed by atoms with van der Waals surface area (Å²) in [6.07, 6.45) is 2.27. The minimum atomic E-state index is -3.10. The molecule has 1 saturated heterocycles. The summed E-state index contributed by atoms with van der Waals surface area (Å²) in [6.45, 7) is 6.04. The second-order valence-electron chi connectivity index (χ2n) is 6.50. The lowest BCUT2D eigenvalue weighted by Crippen LogP contribution is -2.51. The Kier molecular flexibility index (Phi) is 4.29. The zero-order valence-electron chi connectivity index (χ0n) is 13.7. The van der Waals surface area contributed by atoms with E-state index in [4.69, 9.17) is 9.47 Å². The molecule has 1 fully saturated rings. The third-order valence-corrected chi connectivity index (χ3v) is 6.43. The summed E-state index contributed by atoms with van der Waals surface area (Å²) < 4.78 is 34.3. The van der Waals surface area contributed by atoms with Gasteiger partial charge in [-0.05, 0) is 31.0 Å². The lowest BCUT2D eigenvalue weighted by Gasteiger charge is -2.37. The third-order valence-electron chi connectivity index (χ3n) is 4.54. The molecule has 24 heavy (non-hydrogen) atoms.